The Morgan fingerprint density at radius 1 is 1.48 bits per heavy atom. The summed E-state index contributed by atoms with van der Waals surface area (Å²) in [4.78, 5) is 25.0. The van der Waals surface area contributed by atoms with Gasteiger partial charge in [0.1, 0.15) is 0 Å². The molecule has 1 fully saturated rings. The van der Waals surface area contributed by atoms with Crippen LogP contribution in [0.25, 0.3) is 0 Å². The molecule has 1 N–H and O–H groups in total. The lowest BCUT2D eigenvalue weighted by molar-refractivity contribution is -0.111. The lowest BCUT2D eigenvalue weighted by Crippen LogP contribution is -2.25. The number of alkyl halides is 2. The maximum Gasteiger partial charge on any atom is 0.340 e. The minimum atomic E-state index is -2.73. The highest BCUT2D eigenvalue weighted by Crippen LogP contribution is 2.33. The molecule has 5 nitrogen and oxygen atoms in total. The molecule has 1 aliphatic heterocycles. The Hall–Kier alpha value is -2.44. The second-order valence-corrected chi connectivity index (χ2v) is 5.17. The molecule has 2 rings (SSSR count). The fourth-order valence-corrected chi connectivity index (χ4v) is 2.36. The Morgan fingerprint density at radius 2 is 2.22 bits per heavy atom. The van der Waals surface area contributed by atoms with Crippen molar-refractivity contribution < 1.29 is 23.1 Å². The van der Waals surface area contributed by atoms with Crippen LogP contribution in [0.3, 0.4) is 0 Å². The van der Waals surface area contributed by atoms with E-state index in [-0.39, 0.29) is 37.4 Å². The van der Waals surface area contributed by atoms with E-state index in [1.54, 1.807) is 13.0 Å². The highest BCUT2D eigenvalue weighted by atomic mass is 19.3. The van der Waals surface area contributed by atoms with Gasteiger partial charge in [-0.3, -0.25) is 4.79 Å². The summed E-state index contributed by atoms with van der Waals surface area (Å²) in [5, 5.41) is 2.51. The van der Waals surface area contributed by atoms with Crippen molar-refractivity contribution in [2.75, 3.05) is 29.9 Å². The van der Waals surface area contributed by atoms with Crippen LogP contribution < -0.4 is 10.2 Å². The van der Waals surface area contributed by atoms with Crippen LogP contribution in [0.4, 0.5) is 20.2 Å². The van der Waals surface area contributed by atoms with Gasteiger partial charge >= 0.3 is 5.97 Å². The number of hydrogen-bond donors (Lipinski definition) is 1. The van der Waals surface area contributed by atoms with Crippen LogP contribution in [0.15, 0.2) is 30.9 Å². The first kappa shape index (κ1) is 16.9. The highest BCUT2D eigenvalue weighted by Gasteiger charge is 2.38. The molecular weight excluding hydrogens is 306 g/mol. The predicted molar refractivity (Wildman–Crippen MR) is 83.0 cm³/mol. The lowest BCUT2D eigenvalue weighted by Gasteiger charge is -2.20. The van der Waals surface area contributed by atoms with Crippen molar-refractivity contribution >= 4 is 23.3 Å². The standard InChI is InChI=1S/C16H18F2N2O3/c1-3-14(21)19-13-9-11(20-8-7-16(17,18)10-20)5-6-12(13)15(22)23-4-2/h3,5-6,9H,1,4,7-8,10H2,2H3,(H,19,21). The van der Waals surface area contributed by atoms with Gasteiger partial charge in [0.05, 0.1) is 24.4 Å². The maximum atomic E-state index is 13.4. The van der Waals surface area contributed by atoms with Crippen LogP contribution in [0.5, 0.6) is 0 Å². The molecule has 0 radical (unpaired) electrons. The number of carbonyl (C=O) groups is 2. The second-order valence-electron chi connectivity index (χ2n) is 5.17. The molecule has 1 aliphatic rings. The Bertz CT molecular complexity index is 632. The van der Waals surface area contributed by atoms with E-state index in [0.29, 0.717) is 5.69 Å². The third kappa shape index (κ3) is 4.06. The Balaban J connectivity index is 2.33. The summed E-state index contributed by atoms with van der Waals surface area (Å²) in [5.41, 5.74) is 0.882. The van der Waals surface area contributed by atoms with Crippen molar-refractivity contribution in [3.8, 4) is 0 Å². The number of benzene rings is 1. The van der Waals surface area contributed by atoms with Gasteiger partial charge < -0.3 is 15.0 Å². The molecule has 124 valence electrons. The first-order valence-corrected chi connectivity index (χ1v) is 7.23. The monoisotopic (exact) mass is 324 g/mol. The van der Waals surface area contributed by atoms with Crippen molar-refractivity contribution in [2.45, 2.75) is 19.3 Å². The number of nitrogens with zero attached hydrogens (tertiary/aromatic N) is 1. The van der Waals surface area contributed by atoms with Gasteiger partial charge in [0, 0.05) is 18.7 Å². The fraction of sp³-hybridized carbons (Fsp3) is 0.375. The number of hydrogen-bond acceptors (Lipinski definition) is 4. The average molecular weight is 324 g/mol. The van der Waals surface area contributed by atoms with Crippen LogP contribution >= 0.6 is 0 Å². The van der Waals surface area contributed by atoms with Gasteiger partial charge in [0.15, 0.2) is 0 Å². The number of nitrogens with one attached hydrogen (secondary N) is 1. The van der Waals surface area contributed by atoms with Gasteiger partial charge in [0.25, 0.3) is 5.92 Å². The van der Waals surface area contributed by atoms with Crippen LogP contribution in [-0.4, -0.2) is 37.5 Å². The summed E-state index contributed by atoms with van der Waals surface area (Å²) in [6, 6.07) is 4.52. The zero-order valence-electron chi connectivity index (χ0n) is 12.8. The highest BCUT2D eigenvalue weighted by molar-refractivity contribution is 6.05. The number of rotatable bonds is 5. The second kappa shape index (κ2) is 6.76. The van der Waals surface area contributed by atoms with E-state index < -0.39 is 17.8 Å². The van der Waals surface area contributed by atoms with Crippen molar-refractivity contribution in [3.63, 3.8) is 0 Å². The normalized spacial score (nSPS) is 16.0. The summed E-state index contributed by atoms with van der Waals surface area (Å²) in [7, 11) is 0. The van der Waals surface area contributed by atoms with E-state index >= 15 is 0 Å². The van der Waals surface area contributed by atoms with E-state index in [2.05, 4.69) is 11.9 Å². The molecule has 23 heavy (non-hydrogen) atoms. The molecule has 1 aromatic rings. The van der Waals surface area contributed by atoms with Gasteiger partial charge in [-0.2, -0.15) is 0 Å². The molecular formula is C16H18F2N2O3. The first-order chi connectivity index (χ1) is 10.9. The molecule has 0 aromatic heterocycles. The molecule has 1 aromatic carbocycles. The van der Waals surface area contributed by atoms with Crippen LogP contribution in [0, 0.1) is 0 Å². The number of esters is 1. The van der Waals surface area contributed by atoms with E-state index in [4.69, 9.17) is 4.74 Å². The lowest BCUT2D eigenvalue weighted by atomic mass is 10.1. The summed E-state index contributed by atoms with van der Waals surface area (Å²) in [6.07, 6.45) is 0.840. The number of anilines is 2. The Morgan fingerprint density at radius 3 is 2.78 bits per heavy atom. The summed E-state index contributed by atoms with van der Waals surface area (Å²) in [6.45, 7) is 5.02. The minimum Gasteiger partial charge on any atom is -0.462 e. The van der Waals surface area contributed by atoms with Gasteiger partial charge in [-0.25, -0.2) is 13.6 Å². The minimum absolute atomic E-state index is 0.164. The third-order valence-corrected chi connectivity index (χ3v) is 3.48. The topological polar surface area (TPSA) is 58.6 Å². The fourth-order valence-electron chi connectivity index (χ4n) is 2.36. The molecule has 0 saturated carbocycles. The van der Waals surface area contributed by atoms with Gasteiger partial charge in [-0.15, -0.1) is 0 Å². The largest absolute Gasteiger partial charge is 0.462 e. The smallest absolute Gasteiger partial charge is 0.340 e. The van der Waals surface area contributed by atoms with Gasteiger partial charge in [0.2, 0.25) is 5.91 Å². The zero-order valence-corrected chi connectivity index (χ0v) is 12.8. The quantitative estimate of drug-likeness (QED) is 0.668. The van der Waals surface area contributed by atoms with Gasteiger partial charge in [-0.05, 0) is 31.2 Å². The summed E-state index contributed by atoms with van der Waals surface area (Å²) >= 11 is 0. The SMILES string of the molecule is C=CC(=O)Nc1cc(N2CCC(F)(F)C2)ccc1C(=O)OCC. The van der Waals surface area contributed by atoms with Crippen molar-refractivity contribution in [3.05, 3.63) is 36.4 Å². The zero-order chi connectivity index (χ0) is 17.0. The molecule has 1 saturated heterocycles. The van der Waals surface area contributed by atoms with Crippen LogP contribution in [-0.2, 0) is 9.53 Å². The van der Waals surface area contributed by atoms with E-state index in [1.165, 1.54) is 17.0 Å². The Labute approximate surface area is 132 Å². The van der Waals surface area contributed by atoms with Crippen molar-refractivity contribution in [1.82, 2.24) is 0 Å². The molecule has 0 bridgehead atoms. The van der Waals surface area contributed by atoms with Crippen molar-refractivity contribution in [1.29, 1.82) is 0 Å². The van der Waals surface area contributed by atoms with Crippen molar-refractivity contribution in [2.24, 2.45) is 0 Å². The molecule has 7 heteroatoms. The Kier molecular flexibility index (Phi) is 4.98. The average Bonchev–Trinajstić information content (AvgIpc) is 2.87. The number of ether oxygens (including phenoxy) is 1. The molecule has 1 amide bonds. The van der Waals surface area contributed by atoms with Crippen LogP contribution in [0.2, 0.25) is 0 Å². The first-order valence-electron chi connectivity index (χ1n) is 7.23. The summed E-state index contributed by atoms with van der Waals surface area (Å²) < 4.78 is 31.6. The molecule has 0 aliphatic carbocycles. The van der Waals surface area contributed by atoms with E-state index in [0.717, 1.165) is 6.08 Å². The molecule has 0 atom stereocenters. The third-order valence-electron chi connectivity index (χ3n) is 3.48. The number of halogens is 2. The van der Waals surface area contributed by atoms with Crippen LogP contribution in [0.1, 0.15) is 23.7 Å². The number of amides is 1. The summed E-state index contributed by atoms with van der Waals surface area (Å²) in [5.74, 6) is -3.82. The number of carbonyl (C=O) groups excluding carboxylic acids is 2. The predicted octanol–water partition coefficient (Wildman–Crippen LogP) is 2.83. The van der Waals surface area contributed by atoms with E-state index in [1.807, 2.05) is 0 Å². The molecule has 0 spiro atoms. The van der Waals surface area contributed by atoms with Gasteiger partial charge in [-0.1, -0.05) is 6.58 Å². The molecule has 0 unspecified atom stereocenters. The maximum absolute atomic E-state index is 13.4. The van der Waals surface area contributed by atoms with E-state index in [9.17, 15) is 18.4 Å². The molecule has 1 heterocycles.